The highest BCUT2D eigenvalue weighted by molar-refractivity contribution is 6.18. The Kier molecular flexibility index (Phi) is 3.58. The lowest BCUT2D eigenvalue weighted by Crippen LogP contribution is -1.98. The summed E-state index contributed by atoms with van der Waals surface area (Å²) >= 11 is 0. The Morgan fingerprint density at radius 1 is 0.438 bits per heavy atom. The van der Waals surface area contributed by atoms with Crippen molar-refractivity contribution in [3.8, 4) is 11.4 Å². The molecule has 0 aliphatic carbocycles. The van der Waals surface area contributed by atoms with Gasteiger partial charge in [0, 0.05) is 33.4 Å². The van der Waals surface area contributed by atoms with E-state index in [9.17, 15) is 0 Å². The van der Waals surface area contributed by atoms with E-state index < -0.39 is 0 Å². The quantitative estimate of drug-likeness (QED) is 0.275. The van der Waals surface area contributed by atoms with Crippen LogP contribution in [-0.4, -0.2) is 9.13 Å². The lowest BCUT2D eigenvalue weighted by atomic mass is 10.1. The van der Waals surface area contributed by atoms with Gasteiger partial charge in [-0.25, -0.2) is 0 Å². The third kappa shape index (κ3) is 2.35. The van der Waals surface area contributed by atoms with Crippen LogP contribution in [0.1, 0.15) is 0 Å². The highest BCUT2D eigenvalue weighted by atomic mass is 15.0. The molecule has 0 fully saturated rings. The average Bonchev–Trinajstić information content (AvgIpc) is 3.43. The fourth-order valence-corrected chi connectivity index (χ4v) is 5.14. The second-order valence-electron chi connectivity index (χ2n) is 8.27. The highest BCUT2D eigenvalue weighted by Crippen LogP contribution is 2.38. The Hall–Kier alpha value is -4.30. The van der Waals surface area contributed by atoms with Gasteiger partial charge in [-0.05, 0) is 35.7 Å². The molecule has 5 aromatic carbocycles. The topological polar surface area (TPSA) is 9.86 Å². The van der Waals surface area contributed by atoms with Gasteiger partial charge in [0.15, 0.2) is 0 Å². The Morgan fingerprint density at radius 2 is 1.19 bits per heavy atom. The minimum Gasteiger partial charge on any atom is -0.314 e. The van der Waals surface area contributed by atoms with Gasteiger partial charge >= 0.3 is 0 Å². The van der Waals surface area contributed by atoms with Crippen LogP contribution in [0.2, 0.25) is 0 Å². The first kappa shape index (κ1) is 17.4. The molecular formula is C30H20N2. The molecule has 32 heavy (non-hydrogen) atoms. The van der Waals surface area contributed by atoms with Crippen molar-refractivity contribution < 1.29 is 0 Å². The minimum absolute atomic E-state index is 1.18. The van der Waals surface area contributed by atoms with E-state index in [1.54, 1.807) is 0 Å². The van der Waals surface area contributed by atoms with Crippen LogP contribution in [0.15, 0.2) is 121 Å². The van der Waals surface area contributed by atoms with Crippen LogP contribution in [0.3, 0.4) is 0 Å². The number of rotatable bonds is 2. The largest absolute Gasteiger partial charge is 0.314 e. The molecule has 2 nitrogen and oxygen atoms in total. The standard InChI is InChI=1S/C30H20N2/c1-2-11-23(12-3-1)32-28-15-7-6-14-25(28)26-18-17-22-19-20-31(29(22)30(26)32)27-16-8-10-21-9-4-5-13-24(21)27/h1-20H. The fourth-order valence-electron chi connectivity index (χ4n) is 5.14. The molecule has 0 radical (unpaired) electrons. The normalized spacial score (nSPS) is 11.8. The maximum absolute atomic E-state index is 2.41. The molecule has 2 heterocycles. The number of nitrogens with zero attached hydrogens (tertiary/aromatic N) is 2. The van der Waals surface area contributed by atoms with Crippen molar-refractivity contribution in [3.05, 3.63) is 121 Å². The molecule has 0 amide bonds. The zero-order chi connectivity index (χ0) is 21.1. The Balaban J connectivity index is 1.70. The summed E-state index contributed by atoms with van der Waals surface area (Å²) in [4.78, 5) is 0. The number of para-hydroxylation sites is 2. The summed E-state index contributed by atoms with van der Waals surface area (Å²) in [7, 11) is 0. The summed E-state index contributed by atoms with van der Waals surface area (Å²) < 4.78 is 4.77. The van der Waals surface area contributed by atoms with Crippen molar-refractivity contribution in [2.24, 2.45) is 0 Å². The van der Waals surface area contributed by atoms with E-state index in [0.29, 0.717) is 0 Å². The number of aromatic nitrogens is 2. The summed E-state index contributed by atoms with van der Waals surface area (Å²) in [6.45, 7) is 0. The van der Waals surface area contributed by atoms with Crippen LogP contribution in [0.25, 0.3) is 54.9 Å². The van der Waals surface area contributed by atoms with Crippen molar-refractivity contribution in [2.45, 2.75) is 0 Å². The molecule has 7 aromatic rings. The minimum atomic E-state index is 1.18. The van der Waals surface area contributed by atoms with Crippen molar-refractivity contribution >= 4 is 43.5 Å². The lowest BCUT2D eigenvalue weighted by molar-refractivity contribution is 1.13. The van der Waals surface area contributed by atoms with E-state index in [0.717, 1.165) is 0 Å². The predicted octanol–water partition coefficient (Wildman–Crippen LogP) is 7.88. The molecule has 0 atom stereocenters. The van der Waals surface area contributed by atoms with E-state index in [1.807, 2.05) is 0 Å². The van der Waals surface area contributed by atoms with Gasteiger partial charge in [0.1, 0.15) is 0 Å². The number of hydrogen-bond acceptors (Lipinski definition) is 0. The van der Waals surface area contributed by atoms with Gasteiger partial charge in [0.2, 0.25) is 0 Å². The first-order valence-electron chi connectivity index (χ1n) is 11.0. The zero-order valence-electron chi connectivity index (χ0n) is 17.4. The summed E-state index contributed by atoms with van der Waals surface area (Å²) in [5.74, 6) is 0. The van der Waals surface area contributed by atoms with Crippen LogP contribution in [0, 0.1) is 0 Å². The Labute approximate surface area is 185 Å². The van der Waals surface area contributed by atoms with Gasteiger partial charge in [0.25, 0.3) is 0 Å². The molecule has 2 heteroatoms. The second kappa shape index (κ2) is 6.60. The van der Waals surface area contributed by atoms with Crippen LogP contribution in [-0.2, 0) is 0 Å². The molecule has 0 saturated heterocycles. The van der Waals surface area contributed by atoms with Crippen molar-refractivity contribution in [1.82, 2.24) is 9.13 Å². The van der Waals surface area contributed by atoms with Gasteiger partial charge in [-0.15, -0.1) is 0 Å². The van der Waals surface area contributed by atoms with Gasteiger partial charge in [-0.2, -0.15) is 0 Å². The summed E-state index contributed by atoms with van der Waals surface area (Å²) in [6.07, 6.45) is 2.21. The van der Waals surface area contributed by atoms with Crippen LogP contribution < -0.4 is 0 Å². The van der Waals surface area contributed by atoms with Crippen LogP contribution in [0.4, 0.5) is 0 Å². The molecule has 0 N–H and O–H groups in total. The van der Waals surface area contributed by atoms with E-state index in [2.05, 4.69) is 131 Å². The molecule has 2 aromatic heterocycles. The summed E-state index contributed by atoms with van der Waals surface area (Å²) in [5, 5.41) is 6.30. The maximum Gasteiger partial charge on any atom is 0.0788 e. The summed E-state index contributed by atoms with van der Waals surface area (Å²) in [6, 6.07) is 41.3. The highest BCUT2D eigenvalue weighted by Gasteiger charge is 2.18. The van der Waals surface area contributed by atoms with E-state index in [4.69, 9.17) is 0 Å². The molecule has 0 unspecified atom stereocenters. The maximum atomic E-state index is 2.41. The molecule has 7 rings (SSSR count). The van der Waals surface area contributed by atoms with Gasteiger partial charge in [0.05, 0.1) is 22.2 Å². The van der Waals surface area contributed by atoms with Gasteiger partial charge in [-0.3, -0.25) is 0 Å². The second-order valence-corrected chi connectivity index (χ2v) is 8.27. The fraction of sp³-hybridized carbons (Fsp3) is 0. The Bertz CT molecular complexity index is 1760. The van der Waals surface area contributed by atoms with Crippen LogP contribution in [0.5, 0.6) is 0 Å². The predicted molar refractivity (Wildman–Crippen MR) is 135 cm³/mol. The van der Waals surface area contributed by atoms with Crippen molar-refractivity contribution in [2.75, 3.05) is 0 Å². The molecule has 0 bridgehead atoms. The van der Waals surface area contributed by atoms with E-state index in [-0.39, 0.29) is 0 Å². The van der Waals surface area contributed by atoms with Gasteiger partial charge in [-0.1, -0.05) is 84.9 Å². The third-order valence-corrected chi connectivity index (χ3v) is 6.53. The van der Waals surface area contributed by atoms with Crippen molar-refractivity contribution in [1.29, 1.82) is 0 Å². The number of benzene rings is 5. The SMILES string of the molecule is c1ccc(-n2c3ccccc3c3ccc4ccn(-c5cccc6ccccc56)c4c32)cc1. The number of fused-ring (bicyclic) bond motifs is 6. The van der Waals surface area contributed by atoms with Crippen LogP contribution >= 0.6 is 0 Å². The third-order valence-electron chi connectivity index (χ3n) is 6.53. The smallest absolute Gasteiger partial charge is 0.0788 e. The van der Waals surface area contributed by atoms with Crippen molar-refractivity contribution in [3.63, 3.8) is 0 Å². The molecule has 0 aliphatic rings. The average molecular weight is 409 g/mol. The summed E-state index contributed by atoms with van der Waals surface area (Å²) in [5.41, 5.74) is 6.09. The first-order valence-corrected chi connectivity index (χ1v) is 11.0. The zero-order valence-corrected chi connectivity index (χ0v) is 17.4. The number of hydrogen-bond donors (Lipinski definition) is 0. The van der Waals surface area contributed by atoms with Gasteiger partial charge < -0.3 is 9.13 Å². The Morgan fingerprint density at radius 3 is 2.09 bits per heavy atom. The molecule has 0 saturated carbocycles. The molecule has 150 valence electrons. The monoisotopic (exact) mass is 408 g/mol. The molecule has 0 aliphatic heterocycles. The molecular weight excluding hydrogens is 388 g/mol. The van der Waals surface area contributed by atoms with E-state index >= 15 is 0 Å². The first-order chi connectivity index (χ1) is 15.9. The molecule has 0 spiro atoms. The van der Waals surface area contributed by atoms with E-state index in [1.165, 1.54) is 54.9 Å². The lowest BCUT2D eigenvalue weighted by Gasteiger charge is -2.13.